The smallest absolute Gasteiger partial charge is 0.0422 e. The molecule has 0 aliphatic carbocycles. The molecule has 0 aliphatic rings. The second kappa shape index (κ2) is 5.44. The number of rotatable bonds is 4. The second-order valence-electron chi connectivity index (χ2n) is 4.48. The molecule has 19 heavy (non-hydrogen) atoms. The molecule has 0 aliphatic heterocycles. The molecular formula is C17H16N2. The van der Waals surface area contributed by atoms with Gasteiger partial charge in [-0.2, -0.15) is 0 Å². The zero-order chi connectivity index (χ0) is 12.9. The molecule has 0 saturated carbocycles. The summed E-state index contributed by atoms with van der Waals surface area (Å²) in [5.74, 6) is 0. The zero-order valence-electron chi connectivity index (χ0n) is 10.6. The Morgan fingerprint density at radius 3 is 2.42 bits per heavy atom. The minimum absolute atomic E-state index is 0.827. The SMILES string of the molecule is c1ccc(-c2ccccc2NCc2cc[nH]c2)cc1. The van der Waals surface area contributed by atoms with Crippen LogP contribution >= 0.6 is 0 Å². The van der Waals surface area contributed by atoms with Crippen molar-refractivity contribution in [1.29, 1.82) is 0 Å². The van der Waals surface area contributed by atoms with Gasteiger partial charge in [-0.05, 0) is 23.3 Å². The Bertz CT molecular complexity index is 627. The lowest BCUT2D eigenvalue weighted by atomic mass is 10.0. The first-order chi connectivity index (χ1) is 9.43. The molecule has 0 spiro atoms. The molecule has 2 aromatic carbocycles. The standard InChI is InChI=1S/C17H16N2/c1-2-6-15(7-3-1)16-8-4-5-9-17(16)19-13-14-10-11-18-12-14/h1-12,18-19H,13H2. The van der Waals surface area contributed by atoms with Gasteiger partial charge in [0.2, 0.25) is 0 Å². The van der Waals surface area contributed by atoms with Gasteiger partial charge in [0.1, 0.15) is 0 Å². The molecule has 3 aromatic rings. The average molecular weight is 248 g/mol. The number of H-pyrrole nitrogens is 1. The second-order valence-corrected chi connectivity index (χ2v) is 4.48. The fraction of sp³-hybridized carbons (Fsp3) is 0.0588. The predicted molar refractivity (Wildman–Crippen MR) is 80.0 cm³/mol. The Balaban J connectivity index is 1.85. The van der Waals surface area contributed by atoms with Crippen LogP contribution in [0.2, 0.25) is 0 Å². The highest BCUT2D eigenvalue weighted by Gasteiger charge is 2.03. The van der Waals surface area contributed by atoms with E-state index in [4.69, 9.17) is 0 Å². The quantitative estimate of drug-likeness (QED) is 0.708. The summed E-state index contributed by atoms with van der Waals surface area (Å²) in [6.07, 6.45) is 3.96. The van der Waals surface area contributed by atoms with Crippen LogP contribution in [-0.2, 0) is 6.54 Å². The lowest BCUT2D eigenvalue weighted by molar-refractivity contribution is 1.15. The number of benzene rings is 2. The molecule has 0 saturated heterocycles. The van der Waals surface area contributed by atoms with Crippen LogP contribution in [0.4, 0.5) is 5.69 Å². The first kappa shape index (κ1) is 11.6. The summed E-state index contributed by atoms with van der Waals surface area (Å²) in [4.78, 5) is 3.07. The summed E-state index contributed by atoms with van der Waals surface area (Å²) in [5, 5.41) is 3.49. The number of aromatic amines is 1. The summed E-state index contributed by atoms with van der Waals surface area (Å²) >= 11 is 0. The molecule has 1 aromatic heterocycles. The van der Waals surface area contributed by atoms with E-state index in [0.29, 0.717) is 0 Å². The van der Waals surface area contributed by atoms with Crippen molar-refractivity contribution in [1.82, 2.24) is 4.98 Å². The van der Waals surface area contributed by atoms with Crippen molar-refractivity contribution in [2.75, 3.05) is 5.32 Å². The van der Waals surface area contributed by atoms with Crippen molar-refractivity contribution in [3.05, 3.63) is 78.6 Å². The maximum Gasteiger partial charge on any atom is 0.0422 e. The molecule has 1 heterocycles. The third kappa shape index (κ3) is 2.68. The Hall–Kier alpha value is -2.48. The van der Waals surface area contributed by atoms with Gasteiger partial charge in [0.15, 0.2) is 0 Å². The van der Waals surface area contributed by atoms with Gasteiger partial charge in [0.25, 0.3) is 0 Å². The minimum atomic E-state index is 0.827. The summed E-state index contributed by atoms with van der Waals surface area (Å²) in [7, 11) is 0. The number of nitrogens with one attached hydrogen (secondary N) is 2. The van der Waals surface area contributed by atoms with E-state index >= 15 is 0 Å². The lowest BCUT2D eigenvalue weighted by Gasteiger charge is -2.11. The van der Waals surface area contributed by atoms with Gasteiger partial charge in [0, 0.05) is 30.2 Å². The maximum absolute atomic E-state index is 3.49. The number of anilines is 1. The Morgan fingerprint density at radius 2 is 1.63 bits per heavy atom. The first-order valence-corrected chi connectivity index (χ1v) is 6.43. The monoisotopic (exact) mass is 248 g/mol. The molecule has 2 heteroatoms. The highest BCUT2D eigenvalue weighted by molar-refractivity contribution is 5.77. The summed E-state index contributed by atoms with van der Waals surface area (Å²) < 4.78 is 0. The topological polar surface area (TPSA) is 27.8 Å². The molecule has 94 valence electrons. The maximum atomic E-state index is 3.49. The molecule has 0 unspecified atom stereocenters. The molecule has 0 radical (unpaired) electrons. The highest BCUT2D eigenvalue weighted by Crippen LogP contribution is 2.27. The highest BCUT2D eigenvalue weighted by atomic mass is 14.9. The lowest BCUT2D eigenvalue weighted by Crippen LogP contribution is -1.99. The van der Waals surface area contributed by atoms with E-state index < -0.39 is 0 Å². The minimum Gasteiger partial charge on any atom is -0.380 e. The van der Waals surface area contributed by atoms with Crippen LogP contribution in [0.25, 0.3) is 11.1 Å². The molecular weight excluding hydrogens is 232 g/mol. The van der Waals surface area contributed by atoms with Gasteiger partial charge in [-0.25, -0.2) is 0 Å². The largest absolute Gasteiger partial charge is 0.380 e. The molecule has 0 atom stereocenters. The van der Waals surface area contributed by atoms with Crippen molar-refractivity contribution in [2.24, 2.45) is 0 Å². The van der Waals surface area contributed by atoms with Gasteiger partial charge in [-0.15, -0.1) is 0 Å². The van der Waals surface area contributed by atoms with Crippen LogP contribution in [-0.4, -0.2) is 4.98 Å². The Morgan fingerprint density at radius 1 is 0.842 bits per heavy atom. The predicted octanol–water partition coefficient (Wildman–Crippen LogP) is 4.29. The van der Waals surface area contributed by atoms with Gasteiger partial charge in [-0.1, -0.05) is 48.5 Å². The van der Waals surface area contributed by atoms with Crippen LogP contribution in [0, 0.1) is 0 Å². The number of para-hydroxylation sites is 1. The summed E-state index contributed by atoms with van der Waals surface area (Å²) in [6, 6.07) is 20.9. The van der Waals surface area contributed by atoms with E-state index in [2.05, 4.69) is 64.9 Å². The van der Waals surface area contributed by atoms with Crippen LogP contribution < -0.4 is 5.32 Å². The van der Waals surface area contributed by atoms with Gasteiger partial charge in [0.05, 0.1) is 0 Å². The summed E-state index contributed by atoms with van der Waals surface area (Å²) in [5.41, 5.74) is 4.89. The van der Waals surface area contributed by atoms with Crippen LogP contribution in [0.1, 0.15) is 5.56 Å². The Kier molecular flexibility index (Phi) is 3.32. The van der Waals surface area contributed by atoms with Crippen LogP contribution in [0.3, 0.4) is 0 Å². The molecule has 0 bridgehead atoms. The molecule has 0 amide bonds. The van der Waals surface area contributed by atoms with Crippen molar-refractivity contribution >= 4 is 5.69 Å². The molecule has 2 N–H and O–H groups in total. The van der Waals surface area contributed by atoms with Crippen molar-refractivity contribution in [3.8, 4) is 11.1 Å². The van der Waals surface area contributed by atoms with E-state index in [0.717, 1.165) is 12.2 Å². The number of aromatic nitrogens is 1. The van der Waals surface area contributed by atoms with E-state index in [1.54, 1.807) is 0 Å². The van der Waals surface area contributed by atoms with Gasteiger partial charge < -0.3 is 10.3 Å². The molecule has 0 fully saturated rings. The third-order valence-electron chi connectivity index (χ3n) is 3.16. The Labute approximate surface area is 113 Å². The fourth-order valence-corrected chi connectivity index (χ4v) is 2.17. The fourth-order valence-electron chi connectivity index (χ4n) is 2.17. The number of hydrogen-bond acceptors (Lipinski definition) is 1. The van der Waals surface area contributed by atoms with Crippen molar-refractivity contribution < 1.29 is 0 Å². The zero-order valence-corrected chi connectivity index (χ0v) is 10.6. The van der Waals surface area contributed by atoms with Crippen LogP contribution in [0.15, 0.2) is 73.1 Å². The van der Waals surface area contributed by atoms with E-state index in [1.807, 2.05) is 18.5 Å². The normalized spacial score (nSPS) is 10.3. The van der Waals surface area contributed by atoms with Crippen LogP contribution in [0.5, 0.6) is 0 Å². The van der Waals surface area contributed by atoms with Gasteiger partial charge >= 0.3 is 0 Å². The number of hydrogen-bond donors (Lipinski definition) is 2. The summed E-state index contributed by atoms with van der Waals surface area (Å²) in [6.45, 7) is 0.827. The van der Waals surface area contributed by atoms with Crippen molar-refractivity contribution in [2.45, 2.75) is 6.54 Å². The molecule has 2 nitrogen and oxygen atoms in total. The van der Waals surface area contributed by atoms with E-state index in [-0.39, 0.29) is 0 Å². The third-order valence-corrected chi connectivity index (χ3v) is 3.16. The van der Waals surface area contributed by atoms with E-state index in [9.17, 15) is 0 Å². The van der Waals surface area contributed by atoms with E-state index in [1.165, 1.54) is 16.7 Å². The first-order valence-electron chi connectivity index (χ1n) is 6.43. The molecule has 3 rings (SSSR count). The van der Waals surface area contributed by atoms with Crippen molar-refractivity contribution in [3.63, 3.8) is 0 Å². The average Bonchev–Trinajstić information content (AvgIpc) is 3.00. The van der Waals surface area contributed by atoms with Gasteiger partial charge in [-0.3, -0.25) is 0 Å².